The standard InChI is InChI=1S/C15H21Cl2NO/c1-10(12-8-7-11(16)9-13(12)17)18-14-5-3-2-4-6-15(14)19/h7-10,14-15,18-19H,2-6H2,1H3. The van der Waals surface area contributed by atoms with Crippen molar-refractivity contribution < 1.29 is 5.11 Å². The molecular formula is C15H21Cl2NO. The van der Waals surface area contributed by atoms with E-state index in [2.05, 4.69) is 12.2 Å². The van der Waals surface area contributed by atoms with Gasteiger partial charge in [-0.15, -0.1) is 0 Å². The lowest BCUT2D eigenvalue weighted by atomic mass is 10.0. The zero-order chi connectivity index (χ0) is 13.8. The molecular weight excluding hydrogens is 281 g/mol. The third-order valence-corrected chi connectivity index (χ3v) is 4.43. The van der Waals surface area contributed by atoms with Crippen molar-refractivity contribution in [2.45, 2.75) is 57.2 Å². The van der Waals surface area contributed by atoms with Gasteiger partial charge >= 0.3 is 0 Å². The normalized spacial score (nSPS) is 25.9. The Bertz CT molecular complexity index is 425. The third-order valence-electron chi connectivity index (χ3n) is 3.87. The number of benzene rings is 1. The van der Waals surface area contributed by atoms with Crippen molar-refractivity contribution in [3.05, 3.63) is 33.8 Å². The van der Waals surface area contributed by atoms with Gasteiger partial charge in [0, 0.05) is 22.1 Å². The summed E-state index contributed by atoms with van der Waals surface area (Å²) in [7, 11) is 0. The topological polar surface area (TPSA) is 32.3 Å². The van der Waals surface area contributed by atoms with E-state index in [0.29, 0.717) is 10.0 Å². The molecule has 1 aliphatic rings. The van der Waals surface area contributed by atoms with Crippen molar-refractivity contribution in [3.8, 4) is 0 Å². The van der Waals surface area contributed by atoms with E-state index in [9.17, 15) is 5.11 Å². The fourth-order valence-electron chi connectivity index (χ4n) is 2.75. The highest BCUT2D eigenvalue weighted by Crippen LogP contribution is 2.28. The van der Waals surface area contributed by atoms with Gasteiger partial charge in [0.15, 0.2) is 0 Å². The number of rotatable bonds is 3. The molecule has 106 valence electrons. The van der Waals surface area contributed by atoms with E-state index < -0.39 is 0 Å². The minimum atomic E-state index is -0.254. The van der Waals surface area contributed by atoms with Crippen molar-refractivity contribution in [3.63, 3.8) is 0 Å². The van der Waals surface area contributed by atoms with Crippen LogP contribution in [0.4, 0.5) is 0 Å². The van der Waals surface area contributed by atoms with Gasteiger partial charge in [-0.3, -0.25) is 0 Å². The van der Waals surface area contributed by atoms with Crippen molar-refractivity contribution in [1.82, 2.24) is 5.32 Å². The maximum absolute atomic E-state index is 10.1. The quantitative estimate of drug-likeness (QED) is 0.814. The van der Waals surface area contributed by atoms with Crippen LogP contribution in [0.2, 0.25) is 10.0 Å². The van der Waals surface area contributed by atoms with Gasteiger partial charge in [0.2, 0.25) is 0 Å². The molecule has 2 rings (SSSR count). The number of halogens is 2. The average Bonchev–Trinajstić information content (AvgIpc) is 2.55. The summed E-state index contributed by atoms with van der Waals surface area (Å²) in [4.78, 5) is 0. The van der Waals surface area contributed by atoms with E-state index in [0.717, 1.165) is 24.8 Å². The lowest BCUT2D eigenvalue weighted by Gasteiger charge is -2.26. The fraction of sp³-hybridized carbons (Fsp3) is 0.600. The molecule has 0 aliphatic heterocycles. The smallest absolute Gasteiger partial charge is 0.0693 e. The summed E-state index contributed by atoms with van der Waals surface area (Å²) < 4.78 is 0. The first kappa shape index (κ1) is 15.1. The van der Waals surface area contributed by atoms with Crippen LogP contribution in [0, 0.1) is 0 Å². The summed E-state index contributed by atoms with van der Waals surface area (Å²) in [5.41, 5.74) is 1.03. The van der Waals surface area contributed by atoms with E-state index in [1.807, 2.05) is 12.1 Å². The summed E-state index contributed by atoms with van der Waals surface area (Å²) >= 11 is 12.1. The summed E-state index contributed by atoms with van der Waals surface area (Å²) in [6.07, 6.45) is 5.17. The van der Waals surface area contributed by atoms with Crippen molar-refractivity contribution in [1.29, 1.82) is 0 Å². The van der Waals surface area contributed by atoms with Crippen LogP contribution in [0.3, 0.4) is 0 Å². The monoisotopic (exact) mass is 301 g/mol. The van der Waals surface area contributed by atoms with Gasteiger partial charge in [-0.1, -0.05) is 48.5 Å². The highest BCUT2D eigenvalue weighted by atomic mass is 35.5. The summed E-state index contributed by atoms with van der Waals surface area (Å²) in [6, 6.07) is 5.84. The summed E-state index contributed by atoms with van der Waals surface area (Å²) in [6.45, 7) is 2.08. The third kappa shape index (κ3) is 4.09. The molecule has 0 spiro atoms. The molecule has 1 aromatic carbocycles. The first-order chi connectivity index (χ1) is 9.08. The minimum absolute atomic E-state index is 0.113. The molecule has 1 aliphatic carbocycles. The Kier molecular flexibility index (Phi) is 5.52. The van der Waals surface area contributed by atoms with Gasteiger partial charge in [0.25, 0.3) is 0 Å². The molecule has 1 aromatic rings. The zero-order valence-corrected chi connectivity index (χ0v) is 12.7. The molecule has 1 saturated carbocycles. The largest absolute Gasteiger partial charge is 0.392 e. The second kappa shape index (κ2) is 6.94. The van der Waals surface area contributed by atoms with Crippen LogP contribution in [-0.2, 0) is 0 Å². The number of hydrogen-bond donors (Lipinski definition) is 2. The Morgan fingerprint density at radius 2 is 1.95 bits per heavy atom. The minimum Gasteiger partial charge on any atom is -0.392 e. The average molecular weight is 302 g/mol. The molecule has 0 bridgehead atoms. The van der Waals surface area contributed by atoms with Crippen LogP contribution in [0.1, 0.15) is 50.6 Å². The molecule has 0 amide bonds. The molecule has 2 N–H and O–H groups in total. The van der Waals surface area contributed by atoms with Crippen LogP contribution in [0.25, 0.3) is 0 Å². The molecule has 4 heteroatoms. The van der Waals surface area contributed by atoms with Crippen LogP contribution < -0.4 is 5.32 Å². The maximum Gasteiger partial charge on any atom is 0.0693 e. The van der Waals surface area contributed by atoms with E-state index in [4.69, 9.17) is 23.2 Å². The summed E-state index contributed by atoms with van der Waals surface area (Å²) in [5, 5.41) is 15.0. The Balaban J connectivity index is 2.04. The Hall–Kier alpha value is -0.280. The van der Waals surface area contributed by atoms with E-state index in [1.165, 1.54) is 12.8 Å². The Morgan fingerprint density at radius 1 is 1.21 bits per heavy atom. The molecule has 0 aromatic heterocycles. The second-order valence-electron chi connectivity index (χ2n) is 5.37. The zero-order valence-electron chi connectivity index (χ0n) is 11.2. The molecule has 3 unspecified atom stereocenters. The molecule has 0 radical (unpaired) electrons. The SMILES string of the molecule is CC(NC1CCCCCC1O)c1ccc(Cl)cc1Cl. The lowest BCUT2D eigenvalue weighted by molar-refractivity contribution is 0.115. The number of aliphatic hydroxyl groups excluding tert-OH is 1. The highest BCUT2D eigenvalue weighted by Gasteiger charge is 2.23. The van der Waals surface area contributed by atoms with Crippen molar-refractivity contribution >= 4 is 23.2 Å². The molecule has 3 atom stereocenters. The van der Waals surface area contributed by atoms with Crippen LogP contribution >= 0.6 is 23.2 Å². The van der Waals surface area contributed by atoms with E-state index in [-0.39, 0.29) is 18.2 Å². The van der Waals surface area contributed by atoms with Gasteiger partial charge in [0.1, 0.15) is 0 Å². The Morgan fingerprint density at radius 3 is 2.68 bits per heavy atom. The molecule has 0 heterocycles. The van der Waals surface area contributed by atoms with Crippen LogP contribution in [0.15, 0.2) is 18.2 Å². The van der Waals surface area contributed by atoms with Gasteiger partial charge in [-0.2, -0.15) is 0 Å². The van der Waals surface area contributed by atoms with Gasteiger partial charge in [-0.05, 0) is 37.5 Å². The first-order valence-electron chi connectivity index (χ1n) is 6.97. The van der Waals surface area contributed by atoms with Gasteiger partial charge < -0.3 is 10.4 Å². The van der Waals surface area contributed by atoms with Crippen molar-refractivity contribution in [2.75, 3.05) is 0 Å². The predicted octanol–water partition coefficient (Wildman–Crippen LogP) is 4.34. The van der Waals surface area contributed by atoms with Gasteiger partial charge in [0.05, 0.1) is 6.10 Å². The predicted molar refractivity (Wildman–Crippen MR) is 80.9 cm³/mol. The van der Waals surface area contributed by atoms with E-state index >= 15 is 0 Å². The fourth-order valence-corrected chi connectivity index (χ4v) is 3.32. The maximum atomic E-state index is 10.1. The Labute approximate surface area is 125 Å². The first-order valence-corrected chi connectivity index (χ1v) is 7.72. The van der Waals surface area contributed by atoms with Crippen molar-refractivity contribution in [2.24, 2.45) is 0 Å². The van der Waals surface area contributed by atoms with Crippen LogP contribution in [0.5, 0.6) is 0 Å². The number of hydrogen-bond acceptors (Lipinski definition) is 2. The molecule has 19 heavy (non-hydrogen) atoms. The molecule has 0 saturated heterocycles. The summed E-state index contributed by atoms with van der Waals surface area (Å²) in [5.74, 6) is 0. The van der Waals surface area contributed by atoms with E-state index in [1.54, 1.807) is 6.07 Å². The highest BCUT2D eigenvalue weighted by molar-refractivity contribution is 6.35. The van der Waals surface area contributed by atoms with Crippen LogP contribution in [-0.4, -0.2) is 17.3 Å². The molecule has 1 fully saturated rings. The lowest BCUT2D eigenvalue weighted by Crippen LogP contribution is -2.40. The molecule has 2 nitrogen and oxygen atoms in total. The second-order valence-corrected chi connectivity index (χ2v) is 6.21. The number of aliphatic hydroxyl groups is 1. The van der Waals surface area contributed by atoms with Gasteiger partial charge in [-0.25, -0.2) is 0 Å². The number of nitrogens with one attached hydrogen (secondary N) is 1.